The number of rotatable bonds is 3. The molecule has 1 heterocycles. The van der Waals surface area contributed by atoms with Gasteiger partial charge in [0.25, 0.3) is 0 Å². The molecule has 4 bridgehead atoms. The largest absolute Gasteiger partial charge is 0.426 e. The zero-order valence-electron chi connectivity index (χ0n) is 14.5. The molecular weight excluding hydrogens is 314 g/mol. The van der Waals surface area contributed by atoms with Gasteiger partial charge in [-0.25, -0.2) is 0 Å². The predicted molar refractivity (Wildman–Crippen MR) is 94.2 cm³/mol. The third-order valence-electron chi connectivity index (χ3n) is 6.94. The third-order valence-corrected chi connectivity index (χ3v) is 6.94. The normalized spacial score (nSPS) is 36.1. The molecule has 1 aromatic rings. The smallest absolute Gasteiger partial charge is 0.314 e. The van der Waals surface area contributed by atoms with Gasteiger partial charge in [-0.1, -0.05) is 0 Å². The summed E-state index contributed by atoms with van der Waals surface area (Å²) in [4.78, 5) is 26.4. The summed E-state index contributed by atoms with van der Waals surface area (Å²) in [6, 6.07) is 7.44. The lowest BCUT2D eigenvalue weighted by Crippen LogP contribution is -2.49. The molecule has 1 aromatic carbocycles. The van der Waals surface area contributed by atoms with Crippen LogP contribution in [-0.4, -0.2) is 18.4 Å². The number of ether oxygens (including phenoxy) is 1. The molecule has 0 aromatic heterocycles. The Morgan fingerprint density at radius 2 is 1.60 bits per heavy atom. The van der Waals surface area contributed by atoms with E-state index in [-0.39, 0.29) is 17.8 Å². The van der Waals surface area contributed by atoms with Crippen molar-refractivity contribution in [1.82, 2.24) is 0 Å². The number of carbonyl (C=O) groups excluding carboxylic acids is 2. The van der Waals surface area contributed by atoms with E-state index >= 15 is 0 Å². The summed E-state index contributed by atoms with van der Waals surface area (Å²) >= 11 is 0. The zero-order chi connectivity index (χ0) is 17.0. The molecule has 0 radical (unpaired) electrons. The topological polar surface area (TPSA) is 46.6 Å². The van der Waals surface area contributed by atoms with Gasteiger partial charge in [-0.15, -0.1) is 0 Å². The first-order valence-corrected chi connectivity index (χ1v) is 9.79. The Bertz CT molecular complexity index is 668. The molecule has 1 aliphatic heterocycles. The highest BCUT2D eigenvalue weighted by molar-refractivity contribution is 5.95. The minimum atomic E-state index is -0.0289. The first-order chi connectivity index (χ1) is 12.2. The van der Waals surface area contributed by atoms with Crippen molar-refractivity contribution in [2.24, 2.45) is 29.6 Å². The number of esters is 1. The molecule has 0 N–H and O–H groups in total. The highest BCUT2D eigenvalue weighted by atomic mass is 16.5. The molecule has 25 heavy (non-hydrogen) atoms. The summed E-state index contributed by atoms with van der Waals surface area (Å²) in [5.41, 5.74) is 0.900. The Morgan fingerprint density at radius 3 is 2.16 bits per heavy atom. The number of hydrogen-bond acceptors (Lipinski definition) is 3. The molecule has 4 aliphatic carbocycles. The molecule has 4 saturated carbocycles. The van der Waals surface area contributed by atoms with E-state index in [0.717, 1.165) is 30.5 Å². The van der Waals surface area contributed by atoms with Crippen molar-refractivity contribution in [2.45, 2.75) is 44.9 Å². The van der Waals surface area contributed by atoms with Crippen LogP contribution in [0.4, 0.5) is 5.69 Å². The fraction of sp³-hybridized carbons (Fsp3) is 0.619. The number of hydrogen-bond donors (Lipinski definition) is 0. The average Bonchev–Trinajstić information content (AvgIpc) is 3.00. The summed E-state index contributed by atoms with van der Waals surface area (Å²) in [6.45, 7) is 0.783. The highest BCUT2D eigenvalue weighted by Gasteiger charge is 2.51. The molecule has 0 atom stereocenters. The molecule has 132 valence electrons. The molecular formula is C21H25NO3. The van der Waals surface area contributed by atoms with E-state index in [1.54, 1.807) is 0 Å². The van der Waals surface area contributed by atoms with E-state index in [1.807, 2.05) is 29.2 Å². The van der Waals surface area contributed by atoms with Crippen LogP contribution in [0.15, 0.2) is 24.3 Å². The molecule has 5 fully saturated rings. The molecule has 0 unspecified atom stereocenters. The maximum Gasteiger partial charge on any atom is 0.314 e. The second-order valence-corrected chi connectivity index (χ2v) is 8.52. The second-order valence-electron chi connectivity index (χ2n) is 8.52. The lowest BCUT2D eigenvalue weighted by molar-refractivity contribution is -0.152. The van der Waals surface area contributed by atoms with Crippen LogP contribution in [0, 0.1) is 29.6 Å². The van der Waals surface area contributed by atoms with E-state index < -0.39 is 0 Å². The van der Waals surface area contributed by atoms with E-state index in [1.165, 1.54) is 32.1 Å². The van der Waals surface area contributed by atoms with E-state index in [9.17, 15) is 9.59 Å². The van der Waals surface area contributed by atoms with Crippen molar-refractivity contribution in [3.05, 3.63) is 24.3 Å². The quantitative estimate of drug-likeness (QED) is 0.622. The molecule has 5 aliphatic rings. The fourth-order valence-corrected chi connectivity index (χ4v) is 6.11. The van der Waals surface area contributed by atoms with E-state index in [0.29, 0.717) is 24.0 Å². The SMILES string of the molecule is O=C(Oc1ccc(N2CCCC2=O)cc1)C1C2CC3CC(C2)CC1C3. The molecule has 0 spiro atoms. The van der Waals surface area contributed by atoms with Crippen LogP contribution < -0.4 is 9.64 Å². The monoisotopic (exact) mass is 339 g/mol. The first-order valence-electron chi connectivity index (χ1n) is 9.79. The predicted octanol–water partition coefficient (Wildman–Crippen LogP) is 3.79. The minimum Gasteiger partial charge on any atom is -0.426 e. The maximum atomic E-state index is 12.8. The van der Waals surface area contributed by atoms with Gasteiger partial charge in [-0.3, -0.25) is 9.59 Å². The summed E-state index contributed by atoms with van der Waals surface area (Å²) in [7, 11) is 0. The molecule has 6 rings (SSSR count). The minimum absolute atomic E-state index is 0.0289. The van der Waals surface area contributed by atoms with E-state index in [2.05, 4.69) is 0 Å². The summed E-state index contributed by atoms with van der Waals surface area (Å²) < 4.78 is 5.74. The Labute approximate surface area is 148 Å². The van der Waals surface area contributed by atoms with E-state index in [4.69, 9.17) is 4.74 Å². The van der Waals surface area contributed by atoms with Gasteiger partial charge in [0, 0.05) is 18.7 Å². The number of amides is 1. The number of nitrogens with zero attached hydrogens (tertiary/aromatic N) is 1. The Kier molecular flexibility index (Phi) is 3.61. The molecule has 1 amide bonds. The van der Waals surface area contributed by atoms with Crippen molar-refractivity contribution in [3.8, 4) is 5.75 Å². The van der Waals surface area contributed by atoms with Crippen LogP contribution in [0.25, 0.3) is 0 Å². The van der Waals surface area contributed by atoms with Gasteiger partial charge in [0.15, 0.2) is 0 Å². The van der Waals surface area contributed by atoms with Gasteiger partial charge in [0.2, 0.25) is 5.91 Å². The van der Waals surface area contributed by atoms with Crippen molar-refractivity contribution < 1.29 is 14.3 Å². The van der Waals surface area contributed by atoms with Gasteiger partial charge in [-0.05, 0) is 86.5 Å². The average molecular weight is 339 g/mol. The fourth-order valence-electron chi connectivity index (χ4n) is 6.11. The number of anilines is 1. The van der Waals surface area contributed by atoms with Crippen molar-refractivity contribution in [2.75, 3.05) is 11.4 Å². The van der Waals surface area contributed by atoms with Gasteiger partial charge in [0.1, 0.15) is 5.75 Å². The Morgan fingerprint density at radius 1 is 0.960 bits per heavy atom. The van der Waals surface area contributed by atoms with Crippen LogP contribution >= 0.6 is 0 Å². The standard InChI is InChI=1S/C21H25NO3/c23-19-2-1-7-22(19)17-3-5-18(6-4-17)25-21(24)20-15-9-13-8-14(11-15)12-16(20)10-13/h3-6,13-16,20H,1-2,7-12H2. The van der Waals surface area contributed by atoms with Crippen molar-refractivity contribution >= 4 is 17.6 Å². The third kappa shape index (κ3) is 2.66. The van der Waals surface area contributed by atoms with Gasteiger partial charge in [-0.2, -0.15) is 0 Å². The maximum absolute atomic E-state index is 12.8. The molecule has 1 saturated heterocycles. The first kappa shape index (κ1) is 15.4. The van der Waals surface area contributed by atoms with Crippen LogP contribution in [0.5, 0.6) is 5.75 Å². The molecule has 4 nitrogen and oxygen atoms in total. The Balaban J connectivity index is 1.27. The summed E-state index contributed by atoms with van der Waals surface area (Å²) in [5, 5.41) is 0. The lowest BCUT2D eigenvalue weighted by atomic mass is 9.52. The number of benzene rings is 1. The van der Waals surface area contributed by atoms with Crippen LogP contribution in [0.2, 0.25) is 0 Å². The van der Waals surface area contributed by atoms with Gasteiger partial charge >= 0.3 is 5.97 Å². The van der Waals surface area contributed by atoms with Crippen LogP contribution in [0.1, 0.15) is 44.9 Å². The van der Waals surface area contributed by atoms with Gasteiger partial charge < -0.3 is 9.64 Å². The van der Waals surface area contributed by atoms with Crippen molar-refractivity contribution in [1.29, 1.82) is 0 Å². The Hall–Kier alpha value is -1.84. The highest BCUT2D eigenvalue weighted by Crippen LogP contribution is 2.56. The second kappa shape index (κ2) is 5.86. The van der Waals surface area contributed by atoms with Crippen molar-refractivity contribution in [3.63, 3.8) is 0 Å². The molecule has 4 heteroatoms. The zero-order valence-corrected chi connectivity index (χ0v) is 14.5. The lowest BCUT2D eigenvalue weighted by Gasteiger charge is -2.53. The van der Waals surface area contributed by atoms with Crippen LogP contribution in [-0.2, 0) is 9.59 Å². The summed E-state index contributed by atoms with van der Waals surface area (Å²) in [5.74, 6) is 3.68. The summed E-state index contributed by atoms with van der Waals surface area (Å²) in [6.07, 6.45) is 7.84. The number of carbonyl (C=O) groups is 2. The van der Waals surface area contributed by atoms with Gasteiger partial charge in [0.05, 0.1) is 5.92 Å². The van der Waals surface area contributed by atoms with Crippen LogP contribution in [0.3, 0.4) is 0 Å².